The summed E-state index contributed by atoms with van der Waals surface area (Å²) in [5.74, 6) is 1.03. The summed E-state index contributed by atoms with van der Waals surface area (Å²) in [6, 6.07) is 4.96. The van der Waals surface area contributed by atoms with E-state index in [0.29, 0.717) is 18.3 Å². The Morgan fingerprint density at radius 3 is 2.86 bits per heavy atom. The van der Waals surface area contributed by atoms with Crippen molar-refractivity contribution in [1.29, 1.82) is 0 Å². The van der Waals surface area contributed by atoms with Crippen molar-refractivity contribution >= 4 is 0 Å². The molecule has 1 N–H and O–H groups in total. The lowest BCUT2D eigenvalue weighted by atomic mass is 10.2. The summed E-state index contributed by atoms with van der Waals surface area (Å²) in [4.78, 5) is 4.16. The van der Waals surface area contributed by atoms with Crippen molar-refractivity contribution in [1.82, 2.24) is 20.1 Å². The van der Waals surface area contributed by atoms with Crippen LogP contribution in [0, 0.1) is 11.7 Å². The summed E-state index contributed by atoms with van der Waals surface area (Å²) in [5, 5.41) is 7.13. The van der Waals surface area contributed by atoms with Crippen molar-refractivity contribution in [3.63, 3.8) is 0 Å². The van der Waals surface area contributed by atoms with Crippen LogP contribution in [0.3, 0.4) is 0 Å². The molecule has 0 saturated heterocycles. The highest BCUT2D eigenvalue weighted by atomic mass is 19.1. The van der Waals surface area contributed by atoms with E-state index in [1.807, 2.05) is 13.1 Å². The van der Waals surface area contributed by atoms with Crippen LogP contribution in [0.15, 0.2) is 24.5 Å². The van der Waals surface area contributed by atoms with Gasteiger partial charge in [0, 0.05) is 13.1 Å². The zero-order valence-electron chi connectivity index (χ0n) is 12.6. The summed E-state index contributed by atoms with van der Waals surface area (Å²) in [7, 11) is 1.82. The average Bonchev–Trinajstić information content (AvgIpc) is 2.85. The molecule has 5 nitrogen and oxygen atoms in total. The van der Waals surface area contributed by atoms with Crippen LogP contribution in [0.1, 0.15) is 25.2 Å². The summed E-state index contributed by atoms with van der Waals surface area (Å²) in [5.41, 5.74) is 0.880. The highest BCUT2D eigenvalue weighted by Gasteiger charge is 2.09. The third-order valence-electron chi connectivity index (χ3n) is 2.97. The molecule has 0 saturated carbocycles. The Labute approximate surface area is 124 Å². The number of hydrogen-bond donors (Lipinski definition) is 1. The molecule has 1 aromatic heterocycles. The third kappa shape index (κ3) is 4.26. The van der Waals surface area contributed by atoms with Crippen molar-refractivity contribution < 1.29 is 9.13 Å². The van der Waals surface area contributed by atoms with Crippen LogP contribution in [-0.4, -0.2) is 21.8 Å². The van der Waals surface area contributed by atoms with Gasteiger partial charge in [0.05, 0.1) is 0 Å². The zero-order chi connectivity index (χ0) is 15.2. The van der Waals surface area contributed by atoms with Crippen LogP contribution in [0.25, 0.3) is 0 Å². The van der Waals surface area contributed by atoms with Crippen molar-refractivity contribution in [3.8, 4) is 5.75 Å². The first-order valence-electron chi connectivity index (χ1n) is 7.02. The van der Waals surface area contributed by atoms with Crippen LogP contribution in [0.4, 0.5) is 4.39 Å². The molecule has 0 fully saturated rings. The lowest BCUT2D eigenvalue weighted by Crippen LogP contribution is -2.12. The molecule has 6 heteroatoms. The monoisotopic (exact) mass is 292 g/mol. The lowest BCUT2D eigenvalue weighted by molar-refractivity contribution is 0.269. The van der Waals surface area contributed by atoms with E-state index in [-0.39, 0.29) is 18.2 Å². The fraction of sp³-hybridized carbons (Fsp3) is 0.467. The maximum Gasteiger partial charge on any atom is 0.165 e. The number of aromatic nitrogens is 3. The average molecular weight is 292 g/mol. The highest BCUT2D eigenvalue weighted by molar-refractivity contribution is 5.29. The molecule has 1 heterocycles. The van der Waals surface area contributed by atoms with Crippen LogP contribution in [0.2, 0.25) is 0 Å². The molecule has 0 atom stereocenters. The summed E-state index contributed by atoms with van der Waals surface area (Å²) >= 11 is 0. The Morgan fingerprint density at radius 2 is 2.19 bits per heavy atom. The van der Waals surface area contributed by atoms with Crippen LogP contribution < -0.4 is 10.1 Å². The molecule has 0 amide bonds. The molecule has 0 aliphatic heterocycles. The summed E-state index contributed by atoms with van der Waals surface area (Å²) < 4.78 is 21.2. The number of benzene rings is 1. The van der Waals surface area contributed by atoms with Crippen LogP contribution in [0.5, 0.6) is 5.75 Å². The van der Waals surface area contributed by atoms with Gasteiger partial charge < -0.3 is 10.1 Å². The molecule has 0 aliphatic rings. The van der Waals surface area contributed by atoms with Gasteiger partial charge in [0.25, 0.3) is 0 Å². The maximum absolute atomic E-state index is 13.9. The molecule has 0 bridgehead atoms. The summed E-state index contributed by atoms with van der Waals surface area (Å²) in [6.07, 6.45) is 1.49. The van der Waals surface area contributed by atoms with Gasteiger partial charge in [0.15, 0.2) is 17.4 Å². The van der Waals surface area contributed by atoms with E-state index in [2.05, 4.69) is 29.2 Å². The van der Waals surface area contributed by atoms with Gasteiger partial charge in [-0.3, -0.25) is 0 Å². The van der Waals surface area contributed by atoms with Gasteiger partial charge in [0.1, 0.15) is 12.9 Å². The predicted octanol–water partition coefficient (Wildman–Crippen LogP) is 2.37. The van der Waals surface area contributed by atoms with Gasteiger partial charge in [-0.2, -0.15) is 5.10 Å². The predicted molar refractivity (Wildman–Crippen MR) is 78.4 cm³/mol. The van der Waals surface area contributed by atoms with Crippen molar-refractivity contribution in [2.75, 3.05) is 7.05 Å². The number of rotatable bonds is 7. The molecule has 21 heavy (non-hydrogen) atoms. The normalized spacial score (nSPS) is 11.1. The minimum atomic E-state index is -0.363. The second-order valence-electron chi connectivity index (χ2n) is 5.34. The van der Waals surface area contributed by atoms with Crippen molar-refractivity contribution in [2.24, 2.45) is 5.92 Å². The van der Waals surface area contributed by atoms with Gasteiger partial charge in [-0.05, 0) is 30.7 Å². The molecule has 114 valence electrons. The molecule has 0 aliphatic carbocycles. The number of halogens is 1. The molecule has 0 spiro atoms. The smallest absolute Gasteiger partial charge is 0.165 e. The quantitative estimate of drug-likeness (QED) is 0.851. The van der Waals surface area contributed by atoms with E-state index in [9.17, 15) is 4.39 Å². The fourth-order valence-electron chi connectivity index (χ4n) is 2.02. The largest absolute Gasteiger partial charge is 0.483 e. The van der Waals surface area contributed by atoms with Crippen molar-refractivity contribution in [2.45, 2.75) is 33.5 Å². The molecule has 0 unspecified atom stereocenters. The minimum absolute atomic E-state index is 0.203. The van der Waals surface area contributed by atoms with Gasteiger partial charge in [0.2, 0.25) is 0 Å². The Kier molecular flexibility index (Phi) is 5.27. The van der Waals surface area contributed by atoms with E-state index in [0.717, 1.165) is 12.1 Å². The first kappa shape index (κ1) is 15.4. The first-order chi connectivity index (χ1) is 10.1. The number of nitrogens with one attached hydrogen (secondary N) is 1. The number of nitrogens with zero attached hydrogens (tertiary/aromatic N) is 3. The maximum atomic E-state index is 13.9. The van der Waals surface area contributed by atoms with Crippen LogP contribution in [-0.2, 0) is 19.7 Å². The van der Waals surface area contributed by atoms with Gasteiger partial charge >= 0.3 is 0 Å². The van der Waals surface area contributed by atoms with E-state index < -0.39 is 0 Å². The second kappa shape index (κ2) is 7.17. The molecule has 1 aromatic carbocycles. The standard InChI is InChI=1S/C15H21FN4O/c1-11(2)8-20-15(18-10-19-20)9-21-14-5-4-12(7-17-3)6-13(14)16/h4-6,10-11,17H,7-9H2,1-3H3. The first-order valence-corrected chi connectivity index (χ1v) is 7.02. The van der Waals surface area contributed by atoms with E-state index >= 15 is 0 Å². The van der Waals surface area contributed by atoms with Gasteiger partial charge in [-0.1, -0.05) is 19.9 Å². The number of hydrogen-bond acceptors (Lipinski definition) is 4. The van der Waals surface area contributed by atoms with E-state index in [1.54, 1.807) is 10.7 Å². The Hall–Kier alpha value is -1.95. The number of ether oxygens (including phenoxy) is 1. The third-order valence-corrected chi connectivity index (χ3v) is 2.97. The Balaban J connectivity index is 2.01. The SMILES string of the molecule is CNCc1ccc(OCc2ncnn2CC(C)C)c(F)c1. The van der Waals surface area contributed by atoms with E-state index in [4.69, 9.17) is 4.74 Å². The Bertz CT molecular complexity index is 583. The molecular weight excluding hydrogens is 271 g/mol. The zero-order valence-corrected chi connectivity index (χ0v) is 12.6. The topological polar surface area (TPSA) is 52.0 Å². The molecule has 0 radical (unpaired) electrons. The molecule has 2 aromatic rings. The minimum Gasteiger partial charge on any atom is -0.483 e. The summed E-state index contributed by atoms with van der Waals surface area (Å²) in [6.45, 7) is 5.80. The lowest BCUT2D eigenvalue weighted by Gasteiger charge is -2.11. The highest BCUT2D eigenvalue weighted by Crippen LogP contribution is 2.19. The molecular formula is C15H21FN4O. The Morgan fingerprint density at radius 1 is 1.38 bits per heavy atom. The van der Waals surface area contributed by atoms with Crippen molar-refractivity contribution in [3.05, 3.63) is 41.7 Å². The van der Waals surface area contributed by atoms with Gasteiger partial charge in [-0.25, -0.2) is 14.1 Å². The van der Waals surface area contributed by atoms with Gasteiger partial charge in [-0.15, -0.1) is 0 Å². The second-order valence-corrected chi connectivity index (χ2v) is 5.34. The van der Waals surface area contributed by atoms with E-state index in [1.165, 1.54) is 12.4 Å². The molecule has 2 rings (SSSR count). The fourth-order valence-corrected chi connectivity index (χ4v) is 2.02. The van der Waals surface area contributed by atoms with Crippen LogP contribution >= 0.6 is 0 Å².